The molecule has 0 amide bonds. The molecule has 1 N–H and O–H groups in total. The number of hydrogen-bond donors (Lipinski definition) is 1. The molecule has 0 saturated carbocycles. The molecular formula is C15H21N3O3. The summed E-state index contributed by atoms with van der Waals surface area (Å²) in [4.78, 5) is 13.3. The van der Waals surface area contributed by atoms with Crippen LogP contribution in [0.5, 0.6) is 5.75 Å². The Morgan fingerprint density at radius 2 is 2.29 bits per heavy atom. The van der Waals surface area contributed by atoms with Crippen molar-refractivity contribution in [2.75, 3.05) is 31.6 Å². The van der Waals surface area contributed by atoms with Gasteiger partial charge in [-0.15, -0.1) is 0 Å². The van der Waals surface area contributed by atoms with E-state index in [1.165, 1.54) is 0 Å². The molecule has 0 bridgehead atoms. The van der Waals surface area contributed by atoms with Gasteiger partial charge >= 0.3 is 0 Å². The van der Waals surface area contributed by atoms with Crippen LogP contribution in [0.3, 0.4) is 0 Å². The lowest BCUT2D eigenvalue weighted by Gasteiger charge is -2.28. The third kappa shape index (κ3) is 2.33. The summed E-state index contributed by atoms with van der Waals surface area (Å²) in [6.07, 6.45) is 0.997. The SMILES string of the molecule is CCC1C2CNCC2CN1c1cc(OC)ccc1[N+](=O)[O-]. The van der Waals surface area contributed by atoms with Gasteiger partial charge in [0.05, 0.1) is 12.0 Å². The molecule has 21 heavy (non-hydrogen) atoms. The number of nitro groups is 1. The molecule has 2 heterocycles. The Morgan fingerprint density at radius 1 is 1.48 bits per heavy atom. The van der Waals surface area contributed by atoms with E-state index in [0.717, 1.165) is 26.1 Å². The van der Waals surface area contributed by atoms with Crippen molar-refractivity contribution in [2.45, 2.75) is 19.4 Å². The fraction of sp³-hybridized carbons (Fsp3) is 0.600. The predicted octanol–water partition coefficient (Wildman–Crippen LogP) is 2.04. The van der Waals surface area contributed by atoms with Gasteiger partial charge in [0.2, 0.25) is 0 Å². The maximum atomic E-state index is 11.3. The summed E-state index contributed by atoms with van der Waals surface area (Å²) in [7, 11) is 1.59. The Balaban J connectivity index is 2.00. The molecule has 2 fully saturated rings. The van der Waals surface area contributed by atoms with Gasteiger partial charge in [-0.3, -0.25) is 10.1 Å². The number of nitrogens with zero attached hydrogens (tertiary/aromatic N) is 2. The normalized spacial score (nSPS) is 27.7. The van der Waals surface area contributed by atoms with Gasteiger partial charge in [-0.05, 0) is 24.3 Å². The lowest BCUT2D eigenvalue weighted by molar-refractivity contribution is -0.384. The van der Waals surface area contributed by atoms with E-state index in [4.69, 9.17) is 4.74 Å². The summed E-state index contributed by atoms with van der Waals surface area (Å²) < 4.78 is 5.25. The van der Waals surface area contributed by atoms with Crippen LogP contribution in [0.1, 0.15) is 13.3 Å². The summed E-state index contributed by atoms with van der Waals surface area (Å²) in [5.74, 6) is 1.84. The molecule has 0 aliphatic carbocycles. The quantitative estimate of drug-likeness (QED) is 0.679. The number of rotatable bonds is 4. The number of hydrogen-bond acceptors (Lipinski definition) is 5. The molecule has 2 saturated heterocycles. The third-order valence-electron chi connectivity index (χ3n) is 4.82. The first-order valence-corrected chi connectivity index (χ1v) is 7.45. The highest BCUT2D eigenvalue weighted by Gasteiger charge is 2.44. The second-order valence-corrected chi connectivity index (χ2v) is 5.82. The number of benzene rings is 1. The highest BCUT2D eigenvalue weighted by molar-refractivity contribution is 5.67. The Hall–Kier alpha value is -1.82. The van der Waals surface area contributed by atoms with Crippen molar-refractivity contribution >= 4 is 11.4 Å². The van der Waals surface area contributed by atoms with Crippen LogP contribution in [0.2, 0.25) is 0 Å². The van der Waals surface area contributed by atoms with Gasteiger partial charge in [0, 0.05) is 37.8 Å². The Kier molecular flexibility index (Phi) is 3.71. The fourth-order valence-electron chi connectivity index (χ4n) is 3.84. The zero-order valence-electron chi connectivity index (χ0n) is 12.4. The minimum absolute atomic E-state index is 0.169. The van der Waals surface area contributed by atoms with Crippen molar-refractivity contribution in [3.63, 3.8) is 0 Å². The highest BCUT2D eigenvalue weighted by Crippen LogP contribution is 2.42. The molecule has 1 aromatic rings. The van der Waals surface area contributed by atoms with Crippen LogP contribution in [-0.2, 0) is 0 Å². The fourth-order valence-corrected chi connectivity index (χ4v) is 3.84. The van der Waals surface area contributed by atoms with E-state index in [1.54, 1.807) is 25.3 Å². The molecule has 3 rings (SSSR count). The van der Waals surface area contributed by atoms with Crippen molar-refractivity contribution in [3.05, 3.63) is 28.3 Å². The Bertz CT molecular complexity index is 549. The molecule has 2 aliphatic heterocycles. The van der Waals surface area contributed by atoms with Gasteiger partial charge in [0.15, 0.2) is 0 Å². The molecule has 0 radical (unpaired) electrons. The van der Waals surface area contributed by atoms with Gasteiger partial charge in [0.25, 0.3) is 5.69 Å². The molecule has 0 spiro atoms. The van der Waals surface area contributed by atoms with Crippen LogP contribution in [0.4, 0.5) is 11.4 Å². The van der Waals surface area contributed by atoms with Gasteiger partial charge in [-0.25, -0.2) is 0 Å². The van der Waals surface area contributed by atoms with Crippen LogP contribution in [0, 0.1) is 22.0 Å². The summed E-state index contributed by atoms with van der Waals surface area (Å²) in [6.45, 7) is 5.06. The first-order chi connectivity index (χ1) is 10.2. The Morgan fingerprint density at radius 3 is 2.95 bits per heavy atom. The number of nitrogens with one attached hydrogen (secondary N) is 1. The largest absolute Gasteiger partial charge is 0.497 e. The predicted molar refractivity (Wildman–Crippen MR) is 80.9 cm³/mol. The smallest absolute Gasteiger partial charge is 0.292 e. The molecule has 6 nitrogen and oxygen atoms in total. The summed E-state index contributed by atoms with van der Waals surface area (Å²) >= 11 is 0. The summed E-state index contributed by atoms with van der Waals surface area (Å²) in [6, 6.07) is 5.36. The molecule has 114 valence electrons. The number of nitro benzene ring substituents is 1. The number of fused-ring (bicyclic) bond motifs is 1. The van der Waals surface area contributed by atoms with Gasteiger partial charge in [0.1, 0.15) is 11.4 Å². The monoisotopic (exact) mass is 291 g/mol. The Labute approximate surface area is 124 Å². The molecule has 3 unspecified atom stereocenters. The first-order valence-electron chi connectivity index (χ1n) is 7.45. The van der Waals surface area contributed by atoms with Gasteiger partial charge in [-0.1, -0.05) is 6.92 Å². The van der Waals surface area contributed by atoms with Crippen LogP contribution >= 0.6 is 0 Å². The lowest BCUT2D eigenvalue weighted by atomic mass is 9.93. The second-order valence-electron chi connectivity index (χ2n) is 5.82. The number of anilines is 1. The van der Waals surface area contributed by atoms with Crippen molar-refractivity contribution in [1.82, 2.24) is 5.32 Å². The average Bonchev–Trinajstić information content (AvgIpc) is 3.06. The number of methoxy groups -OCH3 is 1. The van der Waals surface area contributed by atoms with Crippen molar-refractivity contribution in [2.24, 2.45) is 11.8 Å². The van der Waals surface area contributed by atoms with Crippen LogP contribution in [0.25, 0.3) is 0 Å². The zero-order valence-corrected chi connectivity index (χ0v) is 12.4. The first kappa shape index (κ1) is 14.1. The second kappa shape index (κ2) is 5.52. The summed E-state index contributed by atoms with van der Waals surface area (Å²) in [5.41, 5.74) is 0.864. The van der Waals surface area contributed by atoms with Gasteiger partial charge in [-0.2, -0.15) is 0 Å². The molecule has 6 heteroatoms. The zero-order chi connectivity index (χ0) is 15.0. The van der Waals surface area contributed by atoms with E-state index in [0.29, 0.717) is 29.3 Å². The topological polar surface area (TPSA) is 67.6 Å². The molecule has 2 aliphatic rings. The van der Waals surface area contributed by atoms with E-state index < -0.39 is 0 Å². The van der Waals surface area contributed by atoms with E-state index >= 15 is 0 Å². The maximum Gasteiger partial charge on any atom is 0.292 e. The van der Waals surface area contributed by atoms with E-state index in [-0.39, 0.29) is 10.6 Å². The minimum Gasteiger partial charge on any atom is -0.497 e. The van der Waals surface area contributed by atoms with Crippen molar-refractivity contribution < 1.29 is 9.66 Å². The van der Waals surface area contributed by atoms with Gasteiger partial charge < -0.3 is 15.0 Å². The number of ether oxygens (including phenoxy) is 1. The standard InChI is InChI=1S/C15H21N3O3/c1-3-13-12-8-16-7-10(12)9-17(13)15-6-11(21-2)4-5-14(15)18(19)20/h4-6,10,12-13,16H,3,7-9H2,1-2H3. The molecule has 1 aromatic carbocycles. The van der Waals surface area contributed by atoms with Crippen molar-refractivity contribution in [1.29, 1.82) is 0 Å². The van der Waals surface area contributed by atoms with Crippen molar-refractivity contribution in [3.8, 4) is 5.75 Å². The maximum absolute atomic E-state index is 11.3. The van der Waals surface area contributed by atoms with Crippen LogP contribution < -0.4 is 15.0 Å². The van der Waals surface area contributed by atoms with Crippen LogP contribution in [0.15, 0.2) is 18.2 Å². The average molecular weight is 291 g/mol. The molecule has 0 aromatic heterocycles. The van der Waals surface area contributed by atoms with E-state index in [2.05, 4.69) is 17.1 Å². The summed E-state index contributed by atoms with van der Waals surface area (Å²) in [5, 5.41) is 14.8. The third-order valence-corrected chi connectivity index (χ3v) is 4.82. The van der Waals surface area contributed by atoms with Crippen LogP contribution in [-0.4, -0.2) is 37.7 Å². The van der Waals surface area contributed by atoms with E-state index in [1.807, 2.05) is 0 Å². The van der Waals surface area contributed by atoms with E-state index in [9.17, 15) is 10.1 Å². The molecule has 3 atom stereocenters. The highest BCUT2D eigenvalue weighted by atomic mass is 16.6. The minimum atomic E-state index is -0.298. The lowest BCUT2D eigenvalue weighted by Crippen LogP contribution is -2.35. The molecular weight excluding hydrogens is 270 g/mol.